The first kappa shape index (κ1) is 17.9. The molecule has 1 saturated heterocycles. The summed E-state index contributed by atoms with van der Waals surface area (Å²) in [5.41, 5.74) is 0.156. The predicted octanol–water partition coefficient (Wildman–Crippen LogP) is 2.50. The Kier molecular flexibility index (Phi) is 4.65. The van der Waals surface area contributed by atoms with Gasteiger partial charge in [0.05, 0.1) is 16.1 Å². The topological polar surface area (TPSA) is 123 Å². The molecule has 1 fully saturated rings. The van der Waals surface area contributed by atoms with Gasteiger partial charge in [-0.2, -0.15) is 0 Å². The lowest BCUT2D eigenvalue weighted by molar-refractivity contribution is -0.380. The van der Waals surface area contributed by atoms with Crippen LogP contribution in [0.3, 0.4) is 0 Å². The Balaban J connectivity index is 1.41. The second kappa shape index (κ2) is 7.27. The predicted molar refractivity (Wildman–Crippen MR) is 97.0 cm³/mol. The van der Waals surface area contributed by atoms with Crippen LogP contribution in [-0.2, 0) is 0 Å². The maximum Gasteiger partial charge on any atom is 0.324 e. The summed E-state index contributed by atoms with van der Waals surface area (Å²) in [6, 6.07) is 6.13. The largest absolute Gasteiger partial charge is 0.461 e. The number of oxazole rings is 1. The molecule has 144 valence electrons. The molecule has 3 aromatic rings. The lowest BCUT2D eigenvalue weighted by atomic mass is 10.2. The lowest BCUT2D eigenvalue weighted by Crippen LogP contribution is -2.50. The van der Waals surface area contributed by atoms with Crippen LogP contribution in [0.5, 0.6) is 0 Å². The molecule has 4 rings (SSSR count). The van der Waals surface area contributed by atoms with Crippen molar-refractivity contribution in [2.45, 2.75) is 0 Å². The van der Waals surface area contributed by atoms with Gasteiger partial charge in [-0.25, -0.2) is 4.98 Å². The van der Waals surface area contributed by atoms with Crippen molar-refractivity contribution < 1.29 is 23.3 Å². The molecule has 1 aliphatic heterocycles. The Morgan fingerprint density at radius 1 is 1.07 bits per heavy atom. The molecule has 28 heavy (non-hydrogen) atoms. The molecule has 0 spiro atoms. The molecule has 0 atom stereocenters. The highest BCUT2D eigenvalue weighted by atomic mass is 32.1. The molecular weight excluding hydrogens is 388 g/mol. The van der Waals surface area contributed by atoms with Gasteiger partial charge in [0.1, 0.15) is 0 Å². The molecule has 0 N–H and O–H groups in total. The summed E-state index contributed by atoms with van der Waals surface area (Å²) in [6.45, 7) is 1.29. The third-order valence-electron chi connectivity index (χ3n) is 4.35. The number of amides is 2. The van der Waals surface area contributed by atoms with Crippen molar-refractivity contribution >= 4 is 28.2 Å². The summed E-state index contributed by atoms with van der Waals surface area (Å²) in [5.74, 6) is 0.0928. The number of aromatic nitrogens is 1. The fourth-order valence-corrected chi connectivity index (χ4v) is 3.73. The molecule has 0 saturated carbocycles. The summed E-state index contributed by atoms with van der Waals surface area (Å²) in [5, 5.41) is 10.7. The molecule has 4 heterocycles. The number of carbonyl (C=O) groups is 2. The number of nitrogens with zero attached hydrogens (tertiary/aromatic N) is 4. The normalized spacial score (nSPS) is 14.3. The molecule has 3 aromatic heterocycles. The van der Waals surface area contributed by atoms with Crippen LogP contribution in [0.2, 0.25) is 0 Å². The maximum atomic E-state index is 12.8. The van der Waals surface area contributed by atoms with Crippen molar-refractivity contribution in [1.82, 2.24) is 14.8 Å². The van der Waals surface area contributed by atoms with Crippen LogP contribution in [-0.4, -0.2) is 57.7 Å². The zero-order valence-corrected chi connectivity index (χ0v) is 15.3. The molecule has 10 nitrogen and oxygen atoms in total. The summed E-state index contributed by atoms with van der Waals surface area (Å²) < 4.78 is 10.6. The lowest BCUT2D eigenvalue weighted by Gasteiger charge is -2.34. The molecule has 0 aromatic carbocycles. The average Bonchev–Trinajstić information content (AvgIpc) is 3.47. The molecule has 11 heteroatoms. The fourth-order valence-electron chi connectivity index (χ4n) is 2.94. The third kappa shape index (κ3) is 3.27. The van der Waals surface area contributed by atoms with Gasteiger partial charge >= 0.3 is 5.00 Å². The van der Waals surface area contributed by atoms with Crippen molar-refractivity contribution in [3.63, 3.8) is 0 Å². The van der Waals surface area contributed by atoms with Crippen molar-refractivity contribution in [2.24, 2.45) is 0 Å². The van der Waals surface area contributed by atoms with Crippen LogP contribution in [0.15, 0.2) is 45.8 Å². The third-order valence-corrected chi connectivity index (χ3v) is 5.38. The van der Waals surface area contributed by atoms with Gasteiger partial charge in [0.25, 0.3) is 11.8 Å². The van der Waals surface area contributed by atoms with Gasteiger partial charge < -0.3 is 18.6 Å². The summed E-state index contributed by atoms with van der Waals surface area (Å²) in [4.78, 5) is 43.1. The Morgan fingerprint density at radius 3 is 2.39 bits per heavy atom. The van der Waals surface area contributed by atoms with Gasteiger partial charge in [0.2, 0.25) is 5.76 Å². The van der Waals surface area contributed by atoms with Gasteiger partial charge in [-0.05, 0) is 18.2 Å². The number of hydrogen-bond acceptors (Lipinski definition) is 8. The SMILES string of the molecule is O=C(c1ccc([N+](=O)[O-])s1)N1CCN(C(=O)c2ncoc2-c2ccco2)CC1. The second-order valence-corrected chi connectivity index (χ2v) is 7.05. The summed E-state index contributed by atoms with van der Waals surface area (Å²) >= 11 is 0.845. The van der Waals surface area contributed by atoms with E-state index in [4.69, 9.17) is 8.83 Å². The number of hydrogen-bond donors (Lipinski definition) is 0. The van der Waals surface area contributed by atoms with E-state index in [1.165, 1.54) is 24.8 Å². The monoisotopic (exact) mass is 402 g/mol. The standard InChI is InChI=1S/C17H14N4O6S/c22-16(12-3-4-13(28-12)21(24)25)19-5-7-20(8-6-19)17(23)14-15(27-10-18-14)11-2-1-9-26-11/h1-4,9-10H,5-8H2. The molecule has 1 aliphatic rings. The van der Waals surface area contributed by atoms with Gasteiger partial charge in [0, 0.05) is 32.2 Å². The van der Waals surface area contributed by atoms with Gasteiger partial charge in [0.15, 0.2) is 17.8 Å². The number of thiophene rings is 1. The minimum atomic E-state index is -0.521. The van der Waals surface area contributed by atoms with Crippen LogP contribution in [0, 0.1) is 10.1 Å². The van der Waals surface area contributed by atoms with E-state index < -0.39 is 4.92 Å². The molecule has 0 radical (unpaired) electrons. The van der Waals surface area contributed by atoms with Crippen molar-refractivity contribution in [3.05, 3.63) is 57.6 Å². The minimum absolute atomic E-state index is 0.0753. The second-order valence-electron chi connectivity index (χ2n) is 5.99. The van der Waals surface area contributed by atoms with E-state index in [1.54, 1.807) is 21.9 Å². The zero-order chi connectivity index (χ0) is 19.7. The molecule has 2 amide bonds. The first-order valence-corrected chi connectivity index (χ1v) is 9.16. The summed E-state index contributed by atoms with van der Waals surface area (Å²) in [7, 11) is 0. The van der Waals surface area contributed by atoms with Gasteiger partial charge in [-0.15, -0.1) is 0 Å². The highest BCUT2D eigenvalue weighted by molar-refractivity contribution is 7.17. The minimum Gasteiger partial charge on any atom is -0.461 e. The number of carbonyl (C=O) groups excluding carboxylic acids is 2. The molecular formula is C17H14N4O6S. The first-order chi connectivity index (χ1) is 13.5. The van der Waals surface area contributed by atoms with E-state index in [2.05, 4.69) is 4.98 Å². The Bertz CT molecular complexity index is 1020. The van der Waals surface area contributed by atoms with E-state index in [0.29, 0.717) is 36.8 Å². The Labute approximate surface area is 162 Å². The number of piperazine rings is 1. The molecule has 0 bridgehead atoms. The van der Waals surface area contributed by atoms with Crippen molar-refractivity contribution in [1.29, 1.82) is 0 Å². The number of rotatable bonds is 4. The van der Waals surface area contributed by atoms with Crippen LogP contribution in [0.25, 0.3) is 11.5 Å². The highest BCUT2D eigenvalue weighted by Crippen LogP contribution is 2.27. The quantitative estimate of drug-likeness (QED) is 0.485. The number of furan rings is 1. The van der Waals surface area contributed by atoms with E-state index in [0.717, 1.165) is 11.3 Å². The van der Waals surface area contributed by atoms with E-state index >= 15 is 0 Å². The maximum absolute atomic E-state index is 12.8. The Morgan fingerprint density at radius 2 is 1.79 bits per heavy atom. The van der Waals surface area contributed by atoms with Crippen LogP contribution >= 0.6 is 11.3 Å². The summed E-state index contributed by atoms with van der Waals surface area (Å²) in [6.07, 6.45) is 2.67. The van der Waals surface area contributed by atoms with Crippen LogP contribution in [0.1, 0.15) is 20.2 Å². The van der Waals surface area contributed by atoms with Gasteiger partial charge in [-0.3, -0.25) is 19.7 Å². The van der Waals surface area contributed by atoms with E-state index in [9.17, 15) is 19.7 Å². The number of nitro groups is 1. The average molecular weight is 402 g/mol. The van der Waals surface area contributed by atoms with Gasteiger partial charge in [-0.1, -0.05) is 11.3 Å². The first-order valence-electron chi connectivity index (χ1n) is 8.34. The van der Waals surface area contributed by atoms with Crippen LogP contribution in [0.4, 0.5) is 5.00 Å². The molecule has 0 unspecified atom stereocenters. The van der Waals surface area contributed by atoms with Crippen molar-refractivity contribution in [3.8, 4) is 11.5 Å². The fraction of sp³-hybridized carbons (Fsp3) is 0.235. The Hall–Kier alpha value is -3.47. The van der Waals surface area contributed by atoms with Crippen LogP contribution < -0.4 is 0 Å². The highest BCUT2D eigenvalue weighted by Gasteiger charge is 2.30. The molecule has 0 aliphatic carbocycles. The smallest absolute Gasteiger partial charge is 0.324 e. The van der Waals surface area contributed by atoms with Crippen molar-refractivity contribution in [2.75, 3.05) is 26.2 Å². The zero-order valence-electron chi connectivity index (χ0n) is 14.4. The van der Waals surface area contributed by atoms with E-state index in [-0.39, 0.29) is 28.3 Å². The van der Waals surface area contributed by atoms with E-state index in [1.807, 2.05) is 0 Å².